The maximum absolute atomic E-state index is 5.86. The van der Waals surface area contributed by atoms with Gasteiger partial charge in [0.2, 0.25) is 0 Å². The van der Waals surface area contributed by atoms with Crippen LogP contribution in [0, 0.1) is 16.7 Å². The largest absolute Gasteiger partial charge is 0.491 e. The van der Waals surface area contributed by atoms with Crippen LogP contribution >= 0.6 is 0 Å². The third-order valence-electron chi connectivity index (χ3n) is 5.48. The Morgan fingerprint density at radius 3 is 2.24 bits per heavy atom. The zero-order valence-electron chi connectivity index (χ0n) is 14.7. The average Bonchev–Trinajstić information content (AvgIpc) is 2.77. The summed E-state index contributed by atoms with van der Waals surface area (Å²) >= 11 is 0. The molecule has 1 atom stereocenters. The lowest BCUT2D eigenvalue weighted by atomic mass is 9.96. The molecule has 2 nitrogen and oxygen atoms in total. The van der Waals surface area contributed by atoms with E-state index in [4.69, 9.17) is 4.74 Å². The highest BCUT2D eigenvalue weighted by molar-refractivity contribution is 5.34. The van der Waals surface area contributed by atoms with Gasteiger partial charge in [-0.1, -0.05) is 46.8 Å². The molecule has 1 fully saturated rings. The fourth-order valence-corrected chi connectivity index (χ4v) is 3.78. The average molecular weight is 289 g/mol. The Labute approximate surface area is 130 Å². The van der Waals surface area contributed by atoms with Gasteiger partial charge in [0.25, 0.3) is 0 Å². The van der Waals surface area contributed by atoms with E-state index in [0.29, 0.717) is 22.8 Å². The lowest BCUT2D eigenvalue weighted by molar-refractivity contribution is 0.241. The van der Waals surface area contributed by atoms with E-state index in [9.17, 15) is 0 Å². The highest BCUT2D eigenvalue weighted by Crippen LogP contribution is 2.72. The van der Waals surface area contributed by atoms with Crippen molar-refractivity contribution in [1.29, 1.82) is 0 Å². The van der Waals surface area contributed by atoms with Gasteiger partial charge in [0.05, 0.1) is 6.10 Å². The van der Waals surface area contributed by atoms with Gasteiger partial charge in [-0.2, -0.15) is 0 Å². The topological polar surface area (TPSA) is 21.3 Å². The van der Waals surface area contributed by atoms with Crippen LogP contribution in [0.2, 0.25) is 0 Å². The molecule has 118 valence electrons. The highest BCUT2D eigenvalue weighted by atomic mass is 16.5. The predicted octanol–water partition coefficient (Wildman–Crippen LogP) is 4.81. The second-order valence-electron chi connectivity index (χ2n) is 7.70. The van der Waals surface area contributed by atoms with Crippen LogP contribution in [0.15, 0.2) is 24.3 Å². The van der Waals surface area contributed by atoms with Gasteiger partial charge < -0.3 is 10.1 Å². The third kappa shape index (κ3) is 2.96. The van der Waals surface area contributed by atoms with Crippen molar-refractivity contribution in [2.75, 3.05) is 6.54 Å². The second-order valence-corrected chi connectivity index (χ2v) is 7.70. The summed E-state index contributed by atoms with van der Waals surface area (Å²) < 4.78 is 5.86. The van der Waals surface area contributed by atoms with E-state index in [1.165, 1.54) is 5.56 Å². The monoisotopic (exact) mass is 289 g/mol. The van der Waals surface area contributed by atoms with Gasteiger partial charge in [0, 0.05) is 6.04 Å². The minimum absolute atomic E-state index is 0.214. The van der Waals surface area contributed by atoms with Crippen LogP contribution in [0.3, 0.4) is 0 Å². The second kappa shape index (κ2) is 5.64. The molecule has 0 aliphatic heterocycles. The molecular formula is C19H31NO. The van der Waals surface area contributed by atoms with Crippen LogP contribution in [0.25, 0.3) is 0 Å². The number of nitrogens with one attached hydrogen (secondary N) is 1. The van der Waals surface area contributed by atoms with Gasteiger partial charge in [-0.3, -0.25) is 0 Å². The first-order valence-corrected chi connectivity index (χ1v) is 8.21. The molecule has 1 aliphatic carbocycles. The molecule has 21 heavy (non-hydrogen) atoms. The maximum atomic E-state index is 5.86. The molecule has 0 aromatic heterocycles. The molecule has 0 amide bonds. The predicted molar refractivity (Wildman–Crippen MR) is 89.7 cm³/mol. The number of rotatable bonds is 6. The first-order chi connectivity index (χ1) is 9.71. The molecule has 2 heteroatoms. The van der Waals surface area contributed by atoms with Crippen molar-refractivity contribution in [3.63, 3.8) is 0 Å². The molecule has 1 aliphatic rings. The molecule has 0 radical (unpaired) electrons. The smallest absolute Gasteiger partial charge is 0.120 e. The molecule has 0 bridgehead atoms. The van der Waals surface area contributed by atoms with E-state index in [2.05, 4.69) is 78.0 Å². The van der Waals surface area contributed by atoms with Crippen molar-refractivity contribution in [3.05, 3.63) is 29.8 Å². The van der Waals surface area contributed by atoms with Crippen LogP contribution in [0.5, 0.6) is 5.75 Å². The van der Waals surface area contributed by atoms with Crippen LogP contribution in [0.1, 0.15) is 60.1 Å². The SMILES string of the molecule is CCNC(c1cccc(OC(C)C)c1)C1C(C)(C)C1(C)C. The standard InChI is InChI=1S/C19H31NO/c1-8-20-16(17-18(4,5)19(17,6)7)14-10-9-11-15(12-14)21-13(2)3/h9-13,16-17,20H,8H2,1-7H3. The third-order valence-corrected chi connectivity index (χ3v) is 5.48. The molecule has 0 saturated heterocycles. The van der Waals surface area contributed by atoms with E-state index in [1.807, 2.05) is 0 Å². The zero-order chi connectivity index (χ0) is 15.8. The normalized spacial score (nSPS) is 21.3. The van der Waals surface area contributed by atoms with E-state index in [-0.39, 0.29) is 6.10 Å². The zero-order valence-corrected chi connectivity index (χ0v) is 14.7. The quantitative estimate of drug-likeness (QED) is 0.811. The number of benzene rings is 1. The summed E-state index contributed by atoms with van der Waals surface area (Å²) in [5.41, 5.74) is 2.09. The van der Waals surface area contributed by atoms with Crippen LogP contribution in [0.4, 0.5) is 0 Å². The van der Waals surface area contributed by atoms with E-state index < -0.39 is 0 Å². The van der Waals surface area contributed by atoms with Gasteiger partial charge in [0.15, 0.2) is 0 Å². The van der Waals surface area contributed by atoms with Crippen molar-refractivity contribution < 1.29 is 4.74 Å². The lowest BCUT2D eigenvalue weighted by Crippen LogP contribution is -2.25. The van der Waals surface area contributed by atoms with E-state index in [1.54, 1.807) is 0 Å². The molecule has 0 heterocycles. The Morgan fingerprint density at radius 1 is 1.14 bits per heavy atom. The van der Waals surface area contributed by atoms with Gasteiger partial charge in [0.1, 0.15) is 5.75 Å². The maximum Gasteiger partial charge on any atom is 0.120 e. The Kier molecular flexibility index (Phi) is 4.39. The van der Waals surface area contributed by atoms with Gasteiger partial charge >= 0.3 is 0 Å². The summed E-state index contributed by atoms with van der Waals surface area (Å²) in [5, 5.41) is 3.70. The molecule has 1 N–H and O–H groups in total. The summed E-state index contributed by atoms with van der Waals surface area (Å²) in [4.78, 5) is 0. The number of hydrogen-bond acceptors (Lipinski definition) is 2. The summed E-state index contributed by atoms with van der Waals surface area (Å²) in [6.45, 7) is 16.9. The molecule has 0 spiro atoms. The molecule has 1 aromatic carbocycles. The first-order valence-electron chi connectivity index (χ1n) is 8.21. The number of hydrogen-bond donors (Lipinski definition) is 1. The Morgan fingerprint density at radius 2 is 1.76 bits per heavy atom. The van der Waals surface area contributed by atoms with Gasteiger partial charge in [-0.15, -0.1) is 0 Å². The van der Waals surface area contributed by atoms with Crippen LogP contribution < -0.4 is 10.1 Å². The minimum atomic E-state index is 0.214. The molecular weight excluding hydrogens is 258 g/mol. The fourth-order valence-electron chi connectivity index (χ4n) is 3.78. The summed E-state index contributed by atoms with van der Waals surface area (Å²) in [7, 11) is 0. The Bertz CT molecular complexity index is 476. The van der Waals surface area contributed by atoms with E-state index in [0.717, 1.165) is 12.3 Å². The fraction of sp³-hybridized carbons (Fsp3) is 0.684. The van der Waals surface area contributed by atoms with Crippen molar-refractivity contribution in [3.8, 4) is 5.75 Å². The van der Waals surface area contributed by atoms with Crippen molar-refractivity contribution in [1.82, 2.24) is 5.32 Å². The molecule has 1 saturated carbocycles. The van der Waals surface area contributed by atoms with Crippen molar-refractivity contribution in [2.45, 2.75) is 60.6 Å². The van der Waals surface area contributed by atoms with Crippen molar-refractivity contribution in [2.24, 2.45) is 16.7 Å². The summed E-state index contributed by atoms with van der Waals surface area (Å²) in [5.74, 6) is 1.63. The van der Waals surface area contributed by atoms with Gasteiger partial charge in [-0.25, -0.2) is 0 Å². The van der Waals surface area contributed by atoms with Crippen LogP contribution in [-0.2, 0) is 0 Å². The summed E-state index contributed by atoms with van der Waals surface area (Å²) in [6.07, 6.45) is 0.214. The summed E-state index contributed by atoms with van der Waals surface area (Å²) in [6, 6.07) is 8.99. The molecule has 1 unspecified atom stereocenters. The Hall–Kier alpha value is -1.02. The first kappa shape index (κ1) is 16.4. The Balaban J connectivity index is 2.28. The number of ether oxygens (including phenoxy) is 1. The van der Waals surface area contributed by atoms with E-state index >= 15 is 0 Å². The molecule has 2 rings (SSSR count). The lowest BCUT2D eigenvalue weighted by Gasteiger charge is -2.22. The minimum Gasteiger partial charge on any atom is -0.491 e. The highest BCUT2D eigenvalue weighted by Gasteiger charge is 2.67. The van der Waals surface area contributed by atoms with Gasteiger partial charge in [-0.05, 0) is 54.8 Å². The van der Waals surface area contributed by atoms with Crippen LogP contribution in [-0.4, -0.2) is 12.6 Å². The van der Waals surface area contributed by atoms with Crippen molar-refractivity contribution >= 4 is 0 Å². The molecule has 1 aromatic rings.